The van der Waals surface area contributed by atoms with Gasteiger partial charge in [0.25, 0.3) is 0 Å². The van der Waals surface area contributed by atoms with E-state index >= 15 is 0 Å². The number of para-hydroxylation sites is 1. The maximum absolute atomic E-state index is 12.5. The number of rotatable bonds is 8. The Morgan fingerprint density at radius 3 is 2.61 bits per heavy atom. The Morgan fingerprint density at radius 1 is 1.21 bits per heavy atom. The molecule has 0 bridgehead atoms. The number of benzene rings is 1. The third kappa shape index (κ3) is 4.64. The van der Waals surface area contributed by atoms with Crippen LogP contribution in [0.4, 0.5) is 5.69 Å². The number of anilines is 1. The highest BCUT2D eigenvalue weighted by atomic mass is 32.2. The van der Waals surface area contributed by atoms with E-state index in [1.54, 1.807) is 11.3 Å². The molecule has 2 heterocycles. The minimum atomic E-state index is -0.0289. The Bertz CT molecular complexity index is 941. The number of thiophene rings is 1. The number of aryl methyl sites for hydroxylation is 3. The summed E-state index contributed by atoms with van der Waals surface area (Å²) in [5.41, 5.74) is 4.14. The zero-order valence-electron chi connectivity index (χ0n) is 16.8. The summed E-state index contributed by atoms with van der Waals surface area (Å²) in [6, 6.07) is 8.19. The normalized spacial score (nSPS) is 11.0. The van der Waals surface area contributed by atoms with Gasteiger partial charge in [0.15, 0.2) is 11.0 Å². The van der Waals surface area contributed by atoms with E-state index in [9.17, 15) is 4.79 Å². The fraction of sp³-hybridized carbons (Fsp3) is 0.381. The quantitative estimate of drug-likeness (QED) is 0.506. The molecule has 2 aromatic heterocycles. The number of nitrogens with zero attached hydrogens (tertiary/aromatic N) is 3. The molecule has 0 aliphatic rings. The molecule has 5 nitrogen and oxygen atoms in total. The zero-order chi connectivity index (χ0) is 20.1. The van der Waals surface area contributed by atoms with Gasteiger partial charge in [-0.25, -0.2) is 0 Å². The van der Waals surface area contributed by atoms with E-state index in [4.69, 9.17) is 0 Å². The molecule has 0 aliphatic carbocycles. The number of carbonyl (C=O) groups is 1. The molecule has 28 heavy (non-hydrogen) atoms. The summed E-state index contributed by atoms with van der Waals surface area (Å²) in [5, 5.41) is 14.7. The van der Waals surface area contributed by atoms with Crippen LogP contribution in [0, 0.1) is 13.8 Å². The topological polar surface area (TPSA) is 59.8 Å². The lowest BCUT2D eigenvalue weighted by Crippen LogP contribution is -2.16. The number of hydrogen-bond donors (Lipinski definition) is 1. The van der Waals surface area contributed by atoms with Gasteiger partial charge >= 0.3 is 0 Å². The van der Waals surface area contributed by atoms with Crippen molar-refractivity contribution in [1.82, 2.24) is 14.8 Å². The van der Waals surface area contributed by atoms with Crippen LogP contribution in [-0.2, 0) is 17.8 Å². The number of carbonyl (C=O) groups excluding carboxylic acids is 1. The molecule has 7 heteroatoms. The van der Waals surface area contributed by atoms with E-state index < -0.39 is 0 Å². The largest absolute Gasteiger partial charge is 0.325 e. The molecule has 0 unspecified atom stereocenters. The molecule has 0 saturated carbocycles. The average molecular weight is 415 g/mol. The van der Waals surface area contributed by atoms with Gasteiger partial charge in [0.05, 0.1) is 5.75 Å². The Labute approximate surface area is 174 Å². The van der Waals surface area contributed by atoms with Crippen LogP contribution in [0.15, 0.2) is 34.8 Å². The van der Waals surface area contributed by atoms with E-state index in [1.165, 1.54) is 16.6 Å². The SMILES string of the molecule is CCCn1c(SCC(=O)Nc2c(C)cccc2C)nnc1-c1csc(CC)c1. The van der Waals surface area contributed by atoms with Crippen molar-refractivity contribution in [3.63, 3.8) is 0 Å². The number of nitrogens with one attached hydrogen (secondary N) is 1. The molecule has 1 N–H and O–H groups in total. The zero-order valence-corrected chi connectivity index (χ0v) is 18.4. The van der Waals surface area contributed by atoms with Crippen molar-refractivity contribution in [3.8, 4) is 11.4 Å². The smallest absolute Gasteiger partial charge is 0.234 e. The lowest BCUT2D eigenvalue weighted by Gasteiger charge is -2.11. The Balaban J connectivity index is 1.72. The van der Waals surface area contributed by atoms with Crippen molar-refractivity contribution < 1.29 is 4.79 Å². The summed E-state index contributed by atoms with van der Waals surface area (Å²) in [6.45, 7) is 9.14. The molecule has 1 amide bonds. The third-order valence-corrected chi connectivity index (χ3v) is 6.55. The summed E-state index contributed by atoms with van der Waals surface area (Å²) in [5.74, 6) is 1.16. The van der Waals surface area contributed by atoms with Gasteiger partial charge in [-0.1, -0.05) is 43.8 Å². The van der Waals surface area contributed by atoms with Crippen LogP contribution < -0.4 is 5.32 Å². The van der Waals surface area contributed by atoms with Gasteiger partial charge in [0.1, 0.15) is 0 Å². The van der Waals surface area contributed by atoms with Gasteiger partial charge in [-0.3, -0.25) is 4.79 Å². The minimum absolute atomic E-state index is 0.0289. The second-order valence-corrected chi connectivity index (χ2v) is 8.66. The maximum Gasteiger partial charge on any atom is 0.234 e. The molecule has 0 aliphatic heterocycles. The first-order valence-corrected chi connectivity index (χ1v) is 11.4. The van der Waals surface area contributed by atoms with E-state index in [0.717, 1.165) is 52.7 Å². The summed E-state index contributed by atoms with van der Waals surface area (Å²) in [7, 11) is 0. The molecule has 3 rings (SSSR count). The first-order chi connectivity index (χ1) is 13.5. The number of amides is 1. The molecule has 1 aromatic carbocycles. The Morgan fingerprint density at radius 2 is 1.96 bits per heavy atom. The van der Waals surface area contributed by atoms with Gasteiger partial charge in [0.2, 0.25) is 5.91 Å². The van der Waals surface area contributed by atoms with E-state index in [1.807, 2.05) is 32.0 Å². The molecular weight excluding hydrogens is 388 g/mol. The lowest BCUT2D eigenvalue weighted by molar-refractivity contribution is -0.113. The van der Waals surface area contributed by atoms with Crippen LogP contribution in [-0.4, -0.2) is 26.4 Å². The molecule has 0 spiro atoms. The van der Waals surface area contributed by atoms with Crippen molar-refractivity contribution >= 4 is 34.7 Å². The summed E-state index contributed by atoms with van der Waals surface area (Å²) < 4.78 is 2.12. The van der Waals surface area contributed by atoms with E-state index in [0.29, 0.717) is 5.75 Å². The fourth-order valence-corrected chi connectivity index (χ4v) is 4.61. The van der Waals surface area contributed by atoms with Crippen molar-refractivity contribution in [2.75, 3.05) is 11.1 Å². The van der Waals surface area contributed by atoms with Crippen LogP contribution in [0.2, 0.25) is 0 Å². The summed E-state index contributed by atoms with van der Waals surface area (Å²) in [4.78, 5) is 13.8. The third-order valence-electron chi connectivity index (χ3n) is 4.50. The van der Waals surface area contributed by atoms with Gasteiger partial charge in [-0.05, 0) is 43.9 Å². The Hall–Kier alpha value is -2.12. The standard InChI is InChI=1S/C21H26N4OS2/c1-5-10-25-20(16-11-17(6-2)27-12-16)23-24-21(25)28-13-18(26)22-19-14(3)8-7-9-15(19)4/h7-9,11-12H,5-6,10,13H2,1-4H3,(H,22,26). The molecule has 0 atom stereocenters. The van der Waals surface area contributed by atoms with Gasteiger partial charge < -0.3 is 9.88 Å². The Kier molecular flexibility index (Phi) is 6.91. The predicted octanol–water partition coefficient (Wildman–Crippen LogP) is 5.33. The maximum atomic E-state index is 12.5. The van der Waals surface area contributed by atoms with E-state index in [2.05, 4.69) is 45.4 Å². The highest BCUT2D eigenvalue weighted by molar-refractivity contribution is 7.99. The van der Waals surface area contributed by atoms with Crippen molar-refractivity contribution in [2.24, 2.45) is 0 Å². The molecule has 0 radical (unpaired) electrons. The van der Waals surface area contributed by atoms with Crippen LogP contribution >= 0.6 is 23.1 Å². The highest BCUT2D eigenvalue weighted by Crippen LogP contribution is 2.28. The van der Waals surface area contributed by atoms with Crippen LogP contribution in [0.3, 0.4) is 0 Å². The highest BCUT2D eigenvalue weighted by Gasteiger charge is 2.17. The molecular formula is C21H26N4OS2. The van der Waals surface area contributed by atoms with Crippen molar-refractivity contribution in [1.29, 1.82) is 0 Å². The minimum Gasteiger partial charge on any atom is -0.325 e. The monoisotopic (exact) mass is 414 g/mol. The summed E-state index contributed by atoms with van der Waals surface area (Å²) >= 11 is 3.19. The number of aromatic nitrogens is 3. The van der Waals surface area contributed by atoms with Crippen LogP contribution in [0.25, 0.3) is 11.4 Å². The number of thioether (sulfide) groups is 1. The van der Waals surface area contributed by atoms with Gasteiger partial charge in [-0.15, -0.1) is 21.5 Å². The van der Waals surface area contributed by atoms with Crippen LogP contribution in [0.5, 0.6) is 0 Å². The van der Waals surface area contributed by atoms with Gasteiger partial charge in [0, 0.05) is 28.1 Å². The second-order valence-electron chi connectivity index (χ2n) is 6.72. The molecule has 0 saturated heterocycles. The first kappa shape index (κ1) is 20.6. The van der Waals surface area contributed by atoms with Crippen LogP contribution in [0.1, 0.15) is 36.3 Å². The summed E-state index contributed by atoms with van der Waals surface area (Å²) in [6.07, 6.45) is 2.00. The van der Waals surface area contributed by atoms with Gasteiger partial charge in [-0.2, -0.15) is 0 Å². The average Bonchev–Trinajstić information content (AvgIpc) is 3.30. The number of hydrogen-bond acceptors (Lipinski definition) is 5. The molecule has 3 aromatic rings. The molecule has 148 valence electrons. The second kappa shape index (κ2) is 9.39. The first-order valence-electron chi connectivity index (χ1n) is 9.53. The predicted molar refractivity (Wildman–Crippen MR) is 118 cm³/mol. The van der Waals surface area contributed by atoms with Crippen molar-refractivity contribution in [3.05, 3.63) is 45.6 Å². The molecule has 0 fully saturated rings. The van der Waals surface area contributed by atoms with E-state index in [-0.39, 0.29) is 5.91 Å². The fourth-order valence-electron chi connectivity index (χ4n) is 3.03. The lowest BCUT2D eigenvalue weighted by atomic mass is 10.1. The van der Waals surface area contributed by atoms with Crippen molar-refractivity contribution in [2.45, 2.75) is 52.2 Å².